The first-order valence-corrected chi connectivity index (χ1v) is 4.60. The number of hydrogen-bond acceptors (Lipinski definition) is 1. The lowest BCUT2D eigenvalue weighted by Gasteiger charge is -2.41. The van der Waals surface area contributed by atoms with E-state index in [2.05, 4.69) is 19.9 Å². The Hall–Kier alpha value is -0.510. The zero-order valence-electron chi connectivity index (χ0n) is 8.15. The third kappa shape index (κ3) is 2.54. The molecule has 0 saturated heterocycles. The molecule has 1 heteroatoms. The van der Waals surface area contributed by atoms with Crippen LogP contribution in [-0.4, -0.2) is 0 Å². The predicted octanol–water partition coefficient (Wildman–Crippen LogP) is 3.36. The van der Waals surface area contributed by atoms with Crippen LogP contribution >= 0.6 is 0 Å². The maximum absolute atomic E-state index is 8.46. The summed E-state index contributed by atoms with van der Waals surface area (Å²) in [4.78, 5) is 0. The normalized spacial score (nSPS) is 34.3. The van der Waals surface area contributed by atoms with Crippen LogP contribution < -0.4 is 0 Å². The molecule has 0 bridgehead atoms. The molecule has 1 aliphatic rings. The molecular formula is C10H19N. The van der Waals surface area contributed by atoms with Crippen LogP contribution in [-0.2, 0) is 0 Å². The third-order valence-corrected chi connectivity index (χ3v) is 2.51. The van der Waals surface area contributed by atoms with Gasteiger partial charge in [-0.2, -0.15) is 5.26 Å². The van der Waals surface area contributed by atoms with Gasteiger partial charge in [0.15, 0.2) is 0 Å². The van der Waals surface area contributed by atoms with Crippen LogP contribution in [0.2, 0.25) is 0 Å². The van der Waals surface area contributed by atoms with Crippen LogP contribution in [0.1, 0.15) is 47.0 Å². The van der Waals surface area contributed by atoms with Gasteiger partial charge in [0.2, 0.25) is 0 Å². The molecule has 0 atom stereocenters. The summed E-state index contributed by atoms with van der Waals surface area (Å²) < 4.78 is 0. The molecule has 1 fully saturated rings. The Morgan fingerprint density at radius 1 is 1.45 bits per heavy atom. The zero-order chi connectivity index (χ0) is 8.91. The van der Waals surface area contributed by atoms with E-state index in [0.29, 0.717) is 11.3 Å². The fourth-order valence-corrected chi connectivity index (χ4v) is 1.51. The Bertz CT molecular complexity index is 137. The van der Waals surface area contributed by atoms with Gasteiger partial charge in [-0.05, 0) is 18.3 Å². The van der Waals surface area contributed by atoms with E-state index in [4.69, 9.17) is 5.26 Å². The van der Waals surface area contributed by atoms with Gasteiger partial charge in [0.05, 0.1) is 6.07 Å². The quantitative estimate of drug-likeness (QED) is 0.566. The molecule has 0 unspecified atom stereocenters. The van der Waals surface area contributed by atoms with Crippen LogP contribution in [0.4, 0.5) is 0 Å². The largest absolute Gasteiger partial charge is 0.198 e. The molecule has 0 aromatic rings. The first-order chi connectivity index (χ1) is 5.20. The highest BCUT2D eigenvalue weighted by Crippen LogP contribution is 2.47. The maximum atomic E-state index is 8.46. The minimum Gasteiger partial charge on any atom is -0.198 e. The number of hydrogen-bond donors (Lipinski definition) is 0. The van der Waals surface area contributed by atoms with E-state index in [1.54, 1.807) is 0 Å². The smallest absolute Gasteiger partial charge is 0.0656 e. The van der Waals surface area contributed by atoms with Gasteiger partial charge >= 0.3 is 0 Å². The predicted molar refractivity (Wildman–Crippen MR) is 48.1 cm³/mol. The first-order valence-electron chi connectivity index (χ1n) is 4.60. The molecule has 0 N–H and O–H groups in total. The zero-order valence-corrected chi connectivity index (χ0v) is 8.15. The molecule has 0 spiro atoms. The average Bonchev–Trinajstić information content (AvgIpc) is 2.02. The second kappa shape index (κ2) is 4.38. The summed E-state index contributed by atoms with van der Waals surface area (Å²) in [5.41, 5.74) is 0.514. The lowest BCUT2D eigenvalue weighted by Crippen LogP contribution is -2.32. The fourth-order valence-electron chi connectivity index (χ4n) is 1.51. The Morgan fingerprint density at radius 3 is 2.18 bits per heavy atom. The molecule has 0 heterocycles. The van der Waals surface area contributed by atoms with Crippen molar-refractivity contribution >= 4 is 0 Å². The minimum absolute atomic E-state index is 0.370. The van der Waals surface area contributed by atoms with Gasteiger partial charge < -0.3 is 0 Å². The maximum Gasteiger partial charge on any atom is 0.0656 e. The van der Waals surface area contributed by atoms with E-state index < -0.39 is 0 Å². The molecule has 0 radical (unpaired) electrons. The molecule has 1 aliphatic carbocycles. The fraction of sp³-hybridized carbons (Fsp3) is 0.900. The highest BCUT2D eigenvalue weighted by Gasteiger charge is 2.38. The molecular weight excluding hydrogens is 134 g/mol. The van der Waals surface area contributed by atoms with Crippen LogP contribution in [0.3, 0.4) is 0 Å². The number of nitriles is 1. The summed E-state index contributed by atoms with van der Waals surface area (Å²) in [5, 5.41) is 8.46. The van der Waals surface area contributed by atoms with Crippen molar-refractivity contribution in [3.05, 3.63) is 0 Å². The molecule has 1 nitrogen and oxygen atoms in total. The highest BCUT2D eigenvalue weighted by molar-refractivity contribution is 4.99. The molecule has 0 aromatic carbocycles. The Morgan fingerprint density at radius 2 is 1.91 bits per heavy atom. The second-order valence-corrected chi connectivity index (χ2v) is 3.40. The van der Waals surface area contributed by atoms with Crippen molar-refractivity contribution in [1.82, 2.24) is 0 Å². The molecule has 64 valence electrons. The first kappa shape index (κ1) is 10.5. The van der Waals surface area contributed by atoms with Crippen molar-refractivity contribution in [2.24, 2.45) is 11.3 Å². The van der Waals surface area contributed by atoms with Crippen molar-refractivity contribution in [2.75, 3.05) is 0 Å². The van der Waals surface area contributed by atoms with Gasteiger partial charge in [0.25, 0.3) is 0 Å². The minimum atomic E-state index is 0.370. The standard InChI is InChI=1S/C8H13N.C2H6/c1-3-8(2)4-7(5-8)6-9;1-2/h7H,3-5H2,1-2H3;1-2H3. The molecule has 0 amide bonds. The Balaban J connectivity index is 0.000000461. The van der Waals surface area contributed by atoms with E-state index in [0.717, 1.165) is 12.8 Å². The van der Waals surface area contributed by atoms with Crippen LogP contribution in [0.25, 0.3) is 0 Å². The lowest BCUT2D eigenvalue weighted by atomic mass is 9.62. The van der Waals surface area contributed by atoms with Crippen molar-refractivity contribution in [3.63, 3.8) is 0 Å². The second-order valence-electron chi connectivity index (χ2n) is 3.40. The van der Waals surface area contributed by atoms with E-state index in [-0.39, 0.29) is 0 Å². The van der Waals surface area contributed by atoms with Gasteiger partial charge in [-0.3, -0.25) is 0 Å². The van der Waals surface area contributed by atoms with Gasteiger partial charge in [0, 0.05) is 5.92 Å². The van der Waals surface area contributed by atoms with Gasteiger partial charge in [-0.1, -0.05) is 34.1 Å². The topological polar surface area (TPSA) is 23.8 Å². The lowest BCUT2D eigenvalue weighted by molar-refractivity contribution is 0.106. The van der Waals surface area contributed by atoms with E-state index >= 15 is 0 Å². The molecule has 1 saturated carbocycles. The highest BCUT2D eigenvalue weighted by atomic mass is 14.4. The van der Waals surface area contributed by atoms with E-state index in [1.807, 2.05) is 13.8 Å². The summed E-state index contributed by atoms with van der Waals surface area (Å²) in [5.74, 6) is 0.370. The van der Waals surface area contributed by atoms with Crippen molar-refractivity contribution in [3.8, 4) is 6.07 Å². The van der Waals surface area contributed by atoms with Gasteiger partial charge in [-0.25, -0.2) is 0 Å². The van der Waals surface area contributed by atoms with Crippen LogP contribution in [0.15, 0.2) is 0 Å². The molecule has 0 aliphatic heterocycles. The van der Waals surface area contributed by atoms with Crippen molar-refractivity contribution in [2.45, 2.75) is 47.0 Å². The monoisotopic (exact) mass is 153 g/mol. The average molecular weight is 153 g/mol. The SMILES string of the molecule is CC.CCC1(C)CC(C#N)C1. The number of rotatable bonds is 1. The molecule has 0 aromatic heterocycles. The Labute approximate surface area is 70.4 Å². The number of nitrogens with zero attached hydrogens (tertiary/aromatic N) is 1. The molecule has 1 rings (SSSR count). The summed E-state index contributed by atoms with van der Waals surface area (Å²) in [7, 11) is 0. The van der Waals surface area contributed by atoms with Crippen LogP contribution in [0.5, 0.6) is 0 Å². The van der Waals surface area contributed by atoms with Crippen LogP contribution in [0, 0.1) is 22.7 Å². The van der Waals surface area contributed by atoms with Gasteiger partial charge in [-0.15, -0.1) is 0 Å². The van der Waals surface area contributed by atoms with E-state index in [9.17, 15) is 0 Å². The summed E-state index contributed by atoms with van der Waals surface area (Å²) in [6.45, 7) is 8.47. The van der Waals surface area contributed by atoms with Crippen molar-refractivity contribution in [1.29, 1.82) is 5.26 Å². The Kier molecular flexibility index (Phi) is 4.18. The third-order valence-electron chi connectivity index (χ3n) is 2.51. The van der Waals surface area contributed by atoms with E-state index in [1.165, 1.54) is 6.42 Å². The van der Waals surface area contributed by atoms with Crippen molar-refractivity contribution < 1.29 is 0 Å². The summed E-state index contributed by atoms with van der Waals surface area (Å²) in [6, 6.07) is 2.29. The summed E-state index contributed by atoms with van der Waals surface area (Å²) >= 11 is 0. The summed E-state index contributed by atoms with van der Waals surface area (Å²) in [6.07, 6.45) is 3.48. The molecule has 11 heavy (non-hydrogen) atoms. The van der Waals surface area contributed by atoms with Gasteiger partial charge in [0.1, 0.15) is 0 Å².